The predicted molar refractivity (Wildman–Crippen MR) is 64.4 cm³/mol. The van der Waals surface area contributed by atoms with Gasteiger partial charge in [0.2, 0.25) is 5.91 Å². The Morgan fingerprint density at radius 3 is 2.75 bits per heavy atom. The van der Waals surface area contributed by atoms with E-state index in [0.29, 0.717) is 11.8 Å². The largest absolute Gasteiger partial charge is 0.353 e. The van der Waals surface area contributed by atoms with Crippen LogP contribution in [0.1, 0.15) is 33.7 Å². The van der Waals surface area contributed by atoms with Crippen LogP contribution in [0, 0.1) is 0 Å². The molecule has 0 saturated carbocycles. The number of aromatic nitrogens is 3. The van der Waals surface area contributed by atoms with Crippen molar-refractivity contribution in [2.24, 2.45) is 0 Å². The molecule has 6 heteroatoms. The first-order chi connectivity index (χ1) is 7.50. The highest BCUT2D eigenvalue weighted by Gasteiger charge is 2.10. The van der Waals surface area contributed by atoms with Crippen molar-refractivity contribution in [3.05, 3.63) is 6.33 Å². The fraction of sp³-hybridized carbons (Fsp3) is 0.700. The number of thioether (sulfide) groups is 1. The molecule has 0 aliphatic rings. The molecule has 1 amide bonds. The van der Waals surface area contributed by atoms with Crippen molar-refractivity contribution in [1.82, 2.24) is 20.1 Å². The summed E-state index contributed by atoms with van der Waals surface area (Å²) in [6.07, 6.45) is 1.69. The van der Waals surface area contributed by atoms with Crippen LogP contribution >= 0.6 is 11.8 Å². The molecule has 5 nitrogen and oxygen atoms in total. The maximum Gasteiger partial charge on any atom is 0.230 e. The third-order valence-corrected chi connectivity index (χ3v) is 2.84. The van der Waals surface area contributed by atoms with Gasteiger partial charge in [-0.05, 0) is 27.7 Å². The van der Waals surface area contributed by atoms with Crippen molar-refractivity contribution in [1.29, 1.82) is 0 Å². The van der Waals surface area contributed by atoms with Crippen LogP contribution in [0.5, 0.6) is 0 Å². The summed E-state index contributed by atoms with van der Waals surface area (Å²) in [7, 11) is 0. The Labute approximate surface area is 100 Å². The average molecular weight is 242 g/mol. The van der Waals surface area contributed by atoms with Gasteiger partial charge in [-0.2, -0.15) is 0 Å². The normalized spacial score (nSPS) is 11.1. The second kappa shape index (κ2) is 5.89. The maximum atomic E-state index is 11.4. The van der Waals surface area contributed by atoms with Crippen molar-refractivity contribution in [3.8, 4) is 0 Å². The molecule has 0 spiro atoms. The molecule has 0 atom stereocenters. The zero-order chi connectivity index (χ0) is 12.1. The van der Waals surface area contributed by atoms with E-state index in [1.165, 1.54) is 11.8 Å². The molecule has 0 aromatic carbocycles. The molecule has 1 N–H and O–H groups in total. The van der Waals surface area contributed by atoms with Crippen LogP contribution < -0.4 is 5.32 Å². The first-order valence-electron chi connectivity index (χ1n) is 5.32. The summed E-state index contributed by atoms with van der Waals surface area (Å²) in [4.78, 5) is 11.4. The number of carbonyl (C=O) groups is 1. The Bertz CT molecular complexity index is 348. The van der Waals surface area contributed by atoms with Gasteiger partial charge in [0.15, 0.2) is 5.16 Å². The molecule has 0 fully saturated rings. The van der Waals surface area contributed by atoms with Gasteiger partial charge in [0.05, 0.1) is 5.75 Å². The van der Waals surface area contributed by atoms with Crippen molar-refractivity contribution in [3.63, 3.8) is 0 Å². The molecule has 0 aliphatic carbocycles. The molecule has 0 saturated heterocycles. The number of nitrogens with zero attached hydrogens (tertiary/aromatic N) is 3. The Morgan fingerprint density at radius 2 is 2.19 bits per heavy atom. The monoisotopic (exact) mass is 242 g/mol. The minimum atomic E-state index is 0.0262. The fourth-order valence-electron chi connectivity index (χ4n) is 1.18. The van der Waals surface area contributed by atoms with Gasteiger partial charge in [0.1, 0.15) is 6.33 Å². The van der Waals surface area contributed by atoms with E-state index < -0.39 is 0 Å². The van der Waals surface area contributed by atoms with Crippen LogP contribution in [0.25, 0.3) is 0 Å². The molecular weight excluding hydrogens is 224 g/mol. The number of rotatable bonds is 5. The Morgan fingerprint density at radius 1 is 1.50 bits per heavy atom. The van der Waals surface area contributed by atoms with Crippen molar-refractivity contribution < 1.29 is 4.79 Å². The Hall–Kier alpha value is -1.04. The molecule has 90 valence electrons. The first-order valence-corrected chi connectivity index (χ1v) is 6.31. The van der Waals surface area contributed by atoms with Crippen molar-refractivity contribution in [2.75, 3.05) is 5.75 Å². The van der Waals surface area contributed by atoms with Crippen LogP contribution in [0.15, 0.2) is 11.5 Å². The second-order valence-corrected chi connectivity index (χ2v) is 5.07. The fourth-order valence-corrected chi connectivity index (χ4v) is 2.04. The Kier molecular flexibility index (Phi) is 4.79. The maximum absolute atomic E-state index is 11.4. The second-order valence-electron chi connectivity index (χ2n) is 4.13. The smallest absolute Gasteiger partial charge is 0.230 e. The van der Waals surface area contributed by atoms with Gasteiger partial charge in [-0.1, -0.05) is 11.8 Å². The van der Waals surface area contributed by atoms with E-state index in [9.17, 15) is 4.79 Å². The zero-order valence-electron chi connectivity index (χ0n) is 10.1. The highest BCUT2D eigenvalue weighted by atomic mass is 32.2. The molecule has 1 aromatic rings. The summed E-state index contributed by atoms with van der Waals surface area (Å²) in [6.45, 7) is 8.00. The van der Waals surface area contributed by atoms with Crippen LogP contribution in [-0.4, -0.2) is 32.5 Å². The minimum absolute atomic E-state index is 0.0262. The summed E-state index contributed by atoms with van der Waals surface area (Å²) in [5.74, 6) is 0.405. The van der Waals surface area contributed by atoms with Crippen molar-refractivity contribution in [2.45, 2.75) is 44.9 Å². The summed E-state index contributed by atoms with van der Waals surface area (Å²) >= 11 is 1.41. The quantitative estimate of drug-likeness (QED) is 0.794. The third kappa shape index (κ3) is 3.84. The van der Waals surface area contributed by atoms with Crippen LogP contribution in [0.2, 0.25) is 0 Å². The average Bonchev–Trinajstić information content (AvgIpc) is 2.61. The van der Waals surface area contributed by atoms with Crippen LogP contribution in [-0.2, 0) is 4.79 Å². The highest BCUT2D eigenvalue weighted by Crippen LogP contribution is 2.18. The van der Waals surface area contributed by atoms with Crippen molar-refractivity contribution >= 4 is 17.7 Å². The number of nitrogens with one attached hydrogen (secondary N) is 1. The van der Waals surface area contributed by atoms with E-state index in [2.05, 4.69) is 29.4 Å². The SMILES string of the molecule is CC(C)NC(=O)CSc1nncn1C(C)C. The van der Waals surface area contributed by atoms with Gasteiger partial charge >= 0.3 is 0 Å². The van der Waals surface area contributed by atoms with E-state index in [0.717, 1.165) is 5.16 Å². The summed E-state index contributed by atoms with van der Waals surface area (Å²) < 4.78 is 1.95. The lowest BCUT2D eigenvalue weighted by molar-refractivity contribution is -0.119. The summed E-state index contributed by atoms with van der Waals surface area (Å²) in [5, 5.41) is 11.4. The standard InChI is InChI=1S/C10H18N4OS/c1-7(2)12-9(15)5-16-10-13-11-6-14(10)8(3)4/h6-8H,5H2,1-4H3,(H,12,15). The van der Waals surface area contributed by atoms with Gasteiger partial charge in [-0.25, -0.2) is 0 Å². The lowest BCUT2D eigenvalue weighted by Gasteiger charge is -2.10. The highest BCUT2D eigenvalue weighted by molar-refractivity contribution is 7.99. The lowest BCUT2D eigenvalue weighted by Crippen LogP contribution is -2.31. The molecule has 0 aliphatic heterocycles. The van der Waals surface area contributed by atoms with Crippen LogP contribution in [0.3, 0.4) is 0 Å². The molecule has 0 radical (unpaired) electrons. The topological polar surface area (TPSA) is 59.8 Å². The van der Waals surface area contributed by atoms with Gasteiger partial charge in [0, 0.05) is 12.1 Å². The van der Waals surface area contributed by atoms with Gasteiger partial charge in [0.25, 0.3) is 0 Å². The summed E-state index contributed by atoms with van der Waals surface area (Å²) in [5.41, 5.74) is 0. The van der Waals surface area contributed by atoms with Gasteiger partial charge in [-0.3, -0.25) is 4.79 Å². The third-order valence-electron chi connectivity index (χ3n) is 1.88. The number of amides is 1. The Balaban J connectivity index is 2.48. The zero-order valence-corrected chi connectivity index (χ0v) is 10.9. The number of carbonyl (C=O) groups excluding carboxylic acids is 1. The molecule has 1 aromatic heterocycles. The van der Waals surface area contributed by atoms with E-state index in [1.54, 1.807) is 6.33 Å². The number of hydrogen-bond acceptors (Lipinski definition) is 4. The van der Waals surface area contributed by atoms with Gasteiger partial charge in [-0.15, -0.1) is 10.2 Å². The molecule has 0 unspecified atom stereocenters. The molecule has 0 bridgehead atoms. The number of hydrogen-bond donors (Lipinski definition) is 1. The molecule has 1 rings (SSSR count). The van der Waals surface area contributed by atoms with E-state index >= 15 is 0 Å². The molecule has 1 heterocycles. The van der Waals surface area contributed by atoms with E-state index in [1.807, 2.05) is 18.4 Å². The molecule has 16 heavy (non-hydrogen) atoms. The van der Waals surface area contributed by atoms with E-state index in [4.69, 9.17) is 0 Å². The van der Waals surface area contributed by atoms with E-state index in [-0.39, 0.29) is 11.9 Å². The minimum Gasteiger partial charge on any atom is -0.353 e. The van der Waals surface area contributed by atoms with Gasteiger partial charge < -0.3 is 9.88 Å². The lowest BCUT2D eigenvalue weighted by atomic mass is 10.4. The predicted octanol–water partition coefficient (Wildman–Crippen LogP) is 1.48. The summed E-state index contributed by atoms with van der Waals surface area (Å²) in [6, 6.07) is 0.488. The van der Waals surface area contributed by atoms with Crippen LogP contribution in [0.4, 0.5) is 0 Å². The first kappa shape index (κ1) is 13.0. The molecular formula is C10H18N4OS.